The summed E-state index contributed by atoms with van der Waals surface area (Å²) in [5.74, 6) is 0.0940. The van der Waals surface area contributed by atoms with Crippen LogP contribution >= 0.6 is 8.25 Å². The lowest BCUT2D eigenvalue weighted by molar-refractivity contribution is 0.0790. The molecule has 0 aromatic carbocycles. The maximum Gasteiger partial charge on any atom is 0.351 e. The van der Waals surface area contributed by atoms with E-state index in [9.17, 15) is 14.5 Å². The van der Waals surface area contributed by atoms with Crippen molar-refractivity contribution in [3.8, 4) is 0 Å². The highest BCUT2D eigenvalue weighted by Crippen LogP contribution is 2.20. The van der Waals surface area contributed by atoms with Gasteiger partial charge in [0, 0.05) is 6.20 Å². The molecule has 0 radical (unpaired) electrons. The average molecular weight is 291 g/mol. The van der Waals surface area contributed by atoms with E-state index in [4.69, 9.17) is 10.6 Å². The summed E-state index contributed by atoms with van der Waals surface area (Å²) >= 11 is 0. The summed E-state index contributed by atoms with van der Waals surface area (Å²) in [7, 11) is -2.92. The minimum Gasteiger partial charge on any atom is -0.383 e. The third kappa shape index (κ3) is 5.52. The van der Waals surface area contributed by atoms with E-state index in [2.05, 4.69) is 9.51 Å². The van der Waals surface area contributed by atoms with Crippen LogP contribution in [0.15, 0.2) is 17.1 Å². The van der Waals surface area contributed by atoms with E-state index >= 15 is 0 Å². The zero-order valence-corrected chi connectivity index (χ0v) is 11.5. The Kier molecular flexibility index (Phi) is 6.17. The molecule has 0 fully saturated rings. The van der Waals surface area contributed by atoms with Crippen molar-refractivity contribution in [3.05, 3.63) is 22.7 Å². The zero-order chi connectivity index (χ0) is 14.4. The molecular weight excluding hydrogens is 273 g/mol. The van der Waals surface area contributed by atoms with Crippen LogP contribution < -0.4 is 11.4 Å². The number of nitrogens with two attached hydrogens (primary N) is 1. The van der Waals surface area contributed by atoms with Gasteiger partial charge in [-0.25, -0.2) is 4.79 Å². The molecule has 0 aliphatic rings. The Morgan fingerprint density at radius 2 is 2.26 bits per heavy atom. The van der Waals surface area contributed by atoms with Crippen molar-refractivity contribution in [2.75, 3.05) is 12.3 Å². The largest absolute Gasteiger partial charge is 0.383 e. The third-order valence-corrected chi connectivity index (χ3v) is 3.00. The molecule has 8 nitrogen and oxygen atoms in total. The normalized spacial score (nSPS) is 15.9. The molecule has 0 aliphatic carbocycles. The van der Waals surface area contributed by atoms with Crippen molar-refractivity contribution in [2.45, 2.75) is 26.0 Å². The first-order chi connectivity index (χ1) is 8.90. The van der Waals surface area contributed by atoms with Crippen molar-refractivity contribution < 1.29 is 19.1 Å². The van der Waals surface area contributed by atoms with Crippen LogP contribution in [0.25, 0.3) is 0 Å². The van der Waals surface area contributed by atoms with Gasteiger partial charge < -0.3 is 20.3 Å². The fourth-order valence-electron chi connectivity index (χ4n) is 1.52. The molecule has 0 amide bonds. The van der Waals surface area contributed by atoms with Gasteiger partial charge in [-0.05, 0) is 24.8 Å². The quantitative estimate of drug-likeness (QED) is 0.609. The minimum atomic E-state index is -2.92. The Morgan fingerprint density at radius 1 is 1.58 bits per heavy atom. The topological polar surface area (TPSA) is 128 Å². The molecule has 108 valence electrons. The summed E-state index contributed by atoms with van der Waals surface area (Å²) in [4.78, 5) is 23.5. The van der Waals surface area contributed by atoms with Crippen LogP contribution in [0.4, 0.5) is 5.82 Å². The lowest BCUT2D eigenvalue weighted by Gasteiger charge is -2.16. The van der Waals surface area contributed by atoms with Crippen molar-refractivity contribution in [1.29, 1.82) is 0 Å². The standard InChI is InChI=1S/C10H18N3O5P/c1-7(6-18-19(16)17)2-3-9(14)13-5-4-8(11)12-10(13)15/h4-5,7,9,14,19H,2-3,6H2,1H3,(H,16,17)(H2,11,12,15)/t7?,9-/m1/s1. The van der Waals surface area contributed by atoms with Crippen LogP contribution in [0.2, 0.25) is 0 Å². The second-order valence-corrected chi connectivity index (χ2v) is 5.10. The van der Waals surface area contributed by atoms with Crippen LogP contribution in [0.5, 0.6) is 0 Å². The van der Waals surface area contributed by atoms with Crippen molar-refractivity contribution in [1.82, 2.24) is 9.55 Å². The molecule has 9 heteroatoms. The summed E-state index contributed by atoms with van der Waals surface area (Å²) in [6.45, 7) is 1.96. The Labute approximate surface area is 110 Å². The number of nitrogen functional groups attached to an aromatic ring is 1. The molecule has 1 heterocycles. The van der Waals surface area contributed by atoms with Crippen molar-refractivity contribution >= 4 is 14.1 Å². The minimum absolute atomic E-state index is 0.00630. The predicted molar refractivity (Wildman–Crippen MR) is 69.7 cm³/mol. The van der Waals surface area contributed by atoms with E-state index in [0.717, 1.165) is 4.57 Å². The number of aliphatic hydroxyl groups excluding tert-OH is 1. The Morgan fingerprint density at radius 3 is 2.84 bits per heavy atom. The first-order valence-electron chi connectivity index (χ1n) is 5.78. The first-order valence-corrected chi connectivity index (χ1v) is 7.05. The summed E-state index contributed by atoms with van der Waals surface area (Å²) in [5.41, 5.74) is 4.73. The molecule has 0 saturated heterocycles. The second kappa shape index (κ2) is 7.40. The highest BCUT2D eigenvalue weighted by Gasteiger charge is 2.12. The molecule has 0 spiro atoms. The van der Waals surface area contributed by atoms with Crippen molar-refractivity contribution in [2.24, 2.45) is 5.92 Å². The molecule has 0 aliphatic heterocycles. The monoisotopic (exact) mass is 291 g/mol. The molecule has 1 aromatic rings. The Bertz CT molecular complexity index is 492. The van der Waals surface area contributed by atoms with E-state index in [1.165, 1.54) is 12.3 Å². The number of rotatable bonds is 7. The Hall–Kier alpha value is -1.21. The molecule has 0 saturated carbocycles. The second-order valence-electron chi connectivity index (χ2n) is 4.28. The molecular formula is C10H18N3O5P. The lowest BCUT2D eigenvalue weighted by Crippen LogP contribution is -2.27. The maximum absolute atomic E-state index is 11.5. The predicted octanol–water partition coefficient (Wildman–Crippen LogP) is 0.131. The molecule has 3 atom stereocenters. The smallest absolute Gasteiger partial charge is 0.351 e. The van der Waals surface area contributed by atoms with Gasteiger partial charge in [-0.15, -0.1) is 0 Å². The van der Waals surface area contributed by atoms with E-state index in [1.807, 2.05) is 6.92 Å². The van der Waals surface area contributed by atoms with Gasteiger partial charge in [-0.2, -0.15) is 4.98 Å². The zero-order valence-electron chi connectivity index (χ0n) is 10.5. The van der Waals surface area contributed by atoms with Crippen LogP contribution in [0, 0.1) is 5.92 Å². The van der Waals surface area contributed by atoms with Gasteiger partial charge in [0.25, 0.3) is 0 Å². The fraction of sp³-hybridized carbons (Fsp3) is 0.600. The highest BCUT2D eigenvalue weighted by molar-refractivity contribution is 7.32. The summed E-state index contributed by atoms with van der Waals surface area (Å²) in [6, 6.07) is 1.43. The number of nitrogens with zero attached hydrogens (tertiary/aromatic N) is 2. The van der Waals surface area contributed by atoms with Gasteiger partial charge in [0.2, 0.25) is 0 Å². The van der Waals surface area contributed by atoms with Gasteiger partial charge in [0.05, 0.1) is 6.61 Å². The molecule has 4 N–H and O–H groups in total. The van der Waals surface area contributed by atoms with Crippen LogP contribution in [-0.2, 0) is 9.09 Å². The molecule has 1 aromatic heterocycles. The number of anilines is 1. The number of hydrogen-bond donors (Lipinski definition) is 3. The average Bonchev–Trinajstić information content (AvgIpc) is 2.33. The van der Waals surface area contributed by atoms with E-state index in [0.29, 0.717) is 12.8 Å². The van der Waals surface area contributed by atoms with Gasteiger partial charge in [-0.3, -0.25) is 9.13 Å². The third-order valence-electron chi connectivity index (χ3n) is 2.58. The fourth-order valence-corrected chi connectivity index (χ4v) is 1.95. The number of aliphatic hydroxyl groups is 1. The molecule has 19 heavy (non-hydrogen) atoms. The first kappa shape index (κ1) is 15.8. The van der Waals surface area contributed by atoms with Crippen LogP contribution in [0.1, 0.15) is 26.0 Å². The van der Waals surface area contributed by atoms with E-state index in [-0.39, 0.29) is 18.3 Å². The van der Waals surface area contributed by atoms with E-state index in [1.54, 1.807) is 0 Å². The van der Waals surface area contributed by atoms with Crippen LogP contribution in [-0.4, -0.2) is 26.2 Å². The van der Waals surface area contributed by atoms with Gasteiger partial charge >= 0.3 is 13.9 Å². The van der Waals surface area contributed by atoms with Gasteiger partial charge in [0.15, 0.2) is 0 Å². The van der Waals surface area contributed by atoms with Gasteiger partial charge in [-0.1, -0.05) is 6.92 Å². The van der Waals surface area contributed by atoms with E-state index < -0.39 is 20.2 Å². The summed E-state index contributed by atoms with van der Waals surface area (Å²) in [6.07, 6.45) is 1.22. The molecule has 0 bridgehead atoms. The molecule has 1 rings (SSSR count). The molecule has 2 unspecified atom stereocenters. The van der Waals surface area contributed by atoms with Crippen molar-refractivity contribution in [3.63, 3.8) is 0 Å². The number of hydrogen-bond acceptors (Lipinski definition) is 6. The van der Waals surface area contributed by atoms with Gasteiger partial charge in [0.1, 0.15) is 12.0 Å². The Balaban J connectivity index is 2.48. The lowest BCUT2D eigenvalue weighted by atomic mass is 10.1. The highest BCUT2D eigenvalue weighted by atomic mass is 31.1. The SMILES string of the molecule is CC(CC[C@@H](O)n1ccc(N)nc1=O)CO[PH](=O)O. The summed E-state index contributed by atoms with van der Waals surface area (Å²) in [5, 5.41) is 9.86. The number of aromatic nitrogens is 2. The maximum atomic E-state index is 11.5. The summed E-state index contributed by atoms with van der Waals surface area (Å²) < 4.78 is 16.1. The van der Waals surface area contributed by atoms with Crippen LogP contribution in [0.3, 0.4) is 0 Å².